The Morgan fingerprint density at radius 3 is 2.95 bits per heavy atom. The topological polar surface area (TPSA) is 67.4 Å². The molecule has 0 fully saturated rings. The van der Waals surface area contributed by atoms with E-state index in [1.54, 1.807) is 6.07 Å². The predicted molar refractivity (Wildman–Crippen MR) is 86.0 cm³/mol. The van der Waals surface area contributed by atoms with E-state index in [2.05, 4.69) is 10.6 Å². The molecule has 5 nitrogen and oxygen atoms in total. The van der Waals surface area contributed by atoms with E-state index in [-0.39, 0.29) is 17.9 Å². The molecule has 0 radical (unpaired) electrons. The number of hydrogen-bond acceptors (Lipinski definition) is 3. The van der Waals surface area contributed by atoms with Crippen LogP contribution in [0.3, 0.4) is 0 Å². The van der Waals surface area contributed by atoms with Crippen molar-refractivity contribution in [3.8, 4) is 0 Å². The minimum absolute atomic E-state index is 0.0427. The van der Waals surface area contributed by atoms with Crippen molar-refractivity contribution in [2.45, 2.75) is 45.6 Å². The van der Waals surface area contributed by atoms with E-state index in [9.17, 15) is 9.59 Å². The Labute approximate surface area is 131 Å². The molecular weight excluding hydrogens is 280 g/mol. The van der Waals surface area contributed by atoms with Gasteiger partial charge >= 0.3 is 0 Å². The van der Waals surface area contributed by atoms with Crippen LogP contribution >= 0.6 is 0 Å². The Morgan fingerprint density at radius 1 is 1.36 bits per heavy atom. The van der Waals surface area contributed by atoms with Crippen molar-refractivity contribution in [2.75, 3.05) is 18.5 Å². The SMILES string of the molecule is CC(C)OCCCNC(=O)c1ccc2c(c1)CCCC(=O)N2. The van der Waals surface area contributed by atoms with Gasteiger partial charge in [0.25, 0.3) is 5.91 Å². The lowest BCUT2D eigenvalue weighted by atomic mass is 10.0. The monoisotopic (exact) mass is 304 g/mol. The smallest absolute Gasteiger partial charge is 0.251 e. The van der Waals surface area contributed by atoms with Gasteiger partial charge in [-0.3, -0.25) is 9.59 Å². The highest BCUT2D eigenvalue weighted by molar-refractivity contribution is 5.97. The molecule has 0 atom stereocenters. The van der Waals surface area contributed by atoms with Crippen LogP contribution in [0.15, 0.2) is 18.2 Å². The van der Waals surface area contributed by atoms with Crippen molar-refractivity contribution < 1.29 is 14.3 Å². The Kier molecular flexibility index (Phi) is 5.95. The van der Waals surface area contributed by atoms with Gasteiger partial charge in [0.15, 0.2) is 0 Å². The normalized spacial score (nSPS) is 14.2. The molecule has 0 bridgehead atoms. The maximum atomic E-state index is 12.1. The summed E-state index contributed by atoms with van der Waals surface area (Å²) in [5.41, 5.74) is 2.49. The van der Waals surface area contributed by atoms with Crippen LogP contribution in [0.25, 0.3) is 0 Å². The number of carbonyl (C=O) groups excluding carboxylic acids is 2. The van der Waals surface area contributed by atoms with Gasteiger partial charge in [0, 0.05) is 30.8 Å². The second-order valence-corrected chi connectivity index (χ2v) is 5.80. The van der Waals surface area contributed by atoms with Gasteiger partial charge < -0.3 is 15.4 Å². The minimum atomic E-state index is -0.0806. The molecule has 1 aromatic rings. The molecule has 120 valence electrons. The lowest BCUT2D eigenvalue weighted by Crippen LogP contribution is -2.25. The van der Waals surface area contributed by atoms with Gasteiger partial charge in [-0.25, -0.2) is 0 Å². The molecule has 1 heterocycles. The zero-order valence-electron chi connectivity index (χ0n) is 13.3. The second kappa shape index (κ2) is 7.94. The number of amides is 2. The Morgan fingerprint density at radius 2 is 2.18 bits per heavy atom. The van der Waals surface area contributed by atoms with Crippen molar-refractivity contribution in [1.82, 2.24) is 5.32 Å². The first-order valence-corrected chi connectivity index (χ1v) is 7.89. The second-order valence-electron chi connectivity index (χ2n) is 5.80. The van der Waals surface area contributed by atoms with Crippen LogP contribution in [-0.2, 0) is 16.0 Å². The molecule has 2 N–H and O–H groups in total. The first kappa shape index (κ1) is 16.5. The highest BCUT2D eigenvalue weighted by Crippen LogP contribution is 2.23. The number of benzene rings is 1. The molecule has 0 unspecified atom stereocenters. The van der Waals surface area contributed by atoms with Crippen molar-refractivity contribution >= 4 is 17.5 Å². The van der Waals surface area contributed by atoms with Crippen LogP contribution in [0.2, 0.25) is 0 Å². The zero-order valence-corrected chi connectivity index (χ0v) is 13.3. The molecule has 0 saturated heterocycles. The van der Waals surface area contributed by atoms with E-state index in [0.29, 0.717) is 25.1 Å². The third kappa shape index (κ3) is 4.84. The van der Waals surface area contributed by atoms with Crippen LogP contribution in [0.1, 0.15) is 49.0 Å². The summed E-state index contributed by atoms with van der Waals surface area (Å²) in [6.45, 7) is 5.23. The van der Waals surface area contributed by atoms with Crippen molar-refractivity contribution in [3.05, 3.63) is 29.3 Å². The van der Waals surface area contributed by atoms with E-state index < -0.39 is 0 Å². The fourth-order valence-corrected chi connectivity index (χ4v) is 2.41. The summed E-state index contributed by atoms with van der Waals surface area (Å²) in [6, 6.07) is 5.45. The lowest BCUT2D eigenvalue weighted by Gasteiger charge is -2.10. The van der Waals surface area contributed by atoms with Gasteiger partial charge in [-0.05, 0) is 56.9 Å². The maximum Gasteiger partial charge on any atom is 0.251 e. The highest BCUT2D eigenvalue weighted by atomic mass is 16.5. The summed E-state index contributed by atoms with van der Waals surface area (Å²) in [7, 11) is 0. The largest absolute Gasteiger partial charge is 0.379 e. The summed E-state index contributed by atoms with van der Waals surface area (Å²) < 4.78 is 5.44. The third-order valence-corrected chi connectivity index (χ3v) is 3.55. The Bertz CT molecular complexity index is 541. The third-order valence-electron chi connectivity index (χ3n) is 3.55. The molecule has 1 aromatic carbocycles. The number of anilines is 1. The minimum Gasteiger partial charge on any atom is -0.379 e. The van der Waals surface area contributed by atoms with Gasteiger partial charge in [-0.1, -0.05) is 0 Å². The molecule has 22 heavy (non-hydrogen) atoms. The van der Waals surface area contributed by atoms with Crippen molar-refractivity contribution in [3.63, 3.8) is 0 Å². The molecule has 2 rings (SSSR count). The number of aryl methyl sites for hydroxylation is 1. The molecule has 5 heteroatoms. The summed E-state index contributed by atoms with van der Waals surface area (Å²) in [5.74, 6) is -0.0379. The van der Waals surface area contributed by atoms with E-state index in [4.69, 9.17) is 4.74 Å². The molecule has 0 aliphatic carbocycles. The summed E-state index contributed by atoms with van der Waals surface area (Å²) in [4.78, 5) is 23.7. The van der Waals surface area contributed by atoms with Gasteiger partial charge in [0.2, 0.25) is 5.91 Å². The highest BCUT2D eigenvalue weighted by Gasteiger charge is 2.14. The average molecular weight is 304 g/mol. The molecular formula is C17H24N2O3. The zero-order chi connectivity index (χ0) is 15.9. The molecule has 0 saturated carbocycles. The molecule has 0 aromatic heterocycles. The van der Waals surface area contributed by atoms with Gasteiger partial charge in [0.1, 0.15) is 0 Å². The van der Waals surface area contributed by atoms with E-state index in [1.807, 2.05) is 26.0 Å². The van der Waals surface area contributed by atoms with Crippen LogP contribution in [0.4, 0.5) is 5.69 Å². The van der Waals surface area contributed by atoms with E-state index in [1.165, 1.54) is 0 Å². The van der Waals surface area contributed by atoms with Crippen LogP contribution in [0.5, 0.6) is 0 Å². The average Bonchev–Trinajstić information content (AvgIpc) is 2.66. The molecule has 0 spiro atoms. The summed E-state index contributed by atoms with van der Waals surface area (Å²) >= 11 is 0. The van der Waals surface area contributed by atoms with Crippen LogP contribution in [-0.4, -0.2) is 31.1 Å². The first-order valence-electron chi connectivity index (χ1n) is 7.89. The quantitative estimate of drug-likeness (QED) is 0.794. The number of hydrogen-bond donors (Lipinski definition) is 2. The lowest BCUT2D eigenvalue weighted by molar-refractivity contribution is -0.116. The standard InChI is InChI=1S/C17H24N2O3/c1-12(2)22-10-4-9-18-17(21)14-7-8-15-13(11-14)5-3-6-16(20)19-15/h7-8,11-12H,3-6,9-10H2,1-2H3,(H,18,21)(H,19,20). The first-order chi connectivity index (χ1) is 10.6. The van der Waals surface area contributed by atoms with E-state index >= 15 is 0 Å². The fraction of sp³-hybridized carbons (Fsp3) is 0.529. The Balaban J connectivity index is 1.88. The number of fused-ring (bicyclic) bond motifs is 1. The van der Waals surface area contributed by atoms with Crippen LogP contribution in [0, 0.1) is 0 Å². The molecule has 1 aliphatic rings. The molecule has 1 aliphatic heterocycles. The van der Waals surface area contributed by atoms with Crippen molar-refractivity contribution in [2.24, 2.45) is 0 Å². The predicted octanol–water partition coefficient (Wildman–Crippen LogP) is 2.51. The number of nitrogens with one attached hydrogen (secondary N) is 2. The number of ether oxygens (including phenoxy) is 1. The van der Waals surface area contributed by atoms with Crippen LogP contribution < -0.4 is 10.6 Å². The summed E-state index contributed by atoms with van der Waals surface area (Å²) in [6.07, 6.45) is 3.18. The summed E-state index contributed by atoms with van der Waals surface area (Å²) in [5, 5.41) is 5.77. The van der Waals surface area contributed by atoms with E-state index in [0.717, 1.165) is 30.5 Å². The maximum absolute atomic E-state index is 12.1. The Hall–Kier alpha value is -1.88. The number of rotatable bonds is 6. The fourth-order valence-electron chi connectivity index (χ4n) is 2.41. The van der Waals surface area contributed by atoms with Gasteiger partial charge in [-0.15, -0.1) is 0 Å². The van der Waals surface area contributed by atoms with Crippen molar-refractivity contribution in [1.29, 1.82) is 0 Å². The van der Waals surface area contributed by atoms with Gasteiger partial charge in [0.05, 0.1) is 6.10 Å². The van der Waals surface area contributed by atoms with Gasteiger partial charge in [-0.2, -0.15) is 0 Å². The molecule has 2 amide bonds. The number of carbonyl (C=O) groups is 2.